The summed E-state index contributed by atoms with van der Waals surface area (Å²) in [5.74, 6) is 0.0288. The largest absolute Gasteiger partial charge is 0.396 e. The molecule has 0 saturated carbocycles. The highest BCUT2D eigenvalue weighted by molar-refractivity contribution is 7.13. The molecule has 0 saturated heterocycles. The number of aliphatic hydroxyl groups is 2. The van der Waals surface area contributed by atoms with E-state index in [4.69, 9.17) is 10.2 Å². The van der Waals surface area contributed by atoms with E-state index in [1.807, 2.05) is 19.2 Å². The fraction of sp³-hybridized carbons (Fsp3) is 0.700. The molecule has 0 aliphatic heterocycles. The Morgan fingerprint density at radius 3 is 1.96 bits per heavy atom. The average molecular weight is 386 g/mol. The normalized spacial score (nSPS) is 10.9. The molecule has 0 aromatic carbocycles. The third kappa shape index (κ3) is 7.56. The van der Waals surface area contributed by atoms with E-state index in [-0.39, 0.29) is 30.3 Å². The zero-order valence-electron chi connectivity index (χ0n) is 16.9. The van der Waals surface area contributed by atoms with E-state index < -0.39 is 0 Å². The predicted molar refractivity (Wildman–Crippen MR) is 109 cm³/mol. The molecule has 1 heterocycles. The molecule has 3 N–H and O–H groups in total. The van der Waals surface area contributed by atoms with Gasteiger partial charge in [-0.1, -0.05) is 40.5 Å². The monoisotopic (exact) mass is 385 g/mol. The van der Waals surface area contributed by atoms with Crippen molar-refractivity contribution in [2.75, 3.05) is 18.5 Å². The van der Waals surface area contributed by atoms with Crippen molar-refractivity contribution in [3.05, 3.63) is 15.8 Å². The lowest BCUT2D eigenvalue weighted by atomic mass is 9.81. The fourth-order valence-electron chi connectivity index (χ4n) is 2.74. The summed E-state index contributed by atoms with van der Waals surface area (Å²) in [6, 6.07) is 0. The summed E-state index contributed by atoms with van der Waals surface area (Å²) >= 11 is 1.40. The Kier molecular flexibility index (Phi) is 12.4. The van der Waals surface area contributed by atoms with Gasteiger partial charge < -0.3 is 15.5 Å². The van der Waals surface area contributed by atoms with Gasteiger partial charge in [0.15, 0.2) is 5.78 Å². The van der Waals surface area contributed by atoms with Gasteiger partial charge in [0, 0.05) is 18.3 Å². The Balaban J connectivity index is 0.000000508. The maximum Gasteiger partial charge on any atom is 0.224 e. The maximum atomic E-state index is 11.6. The quantitative estimate of drug-likeness (QED) is 0.516. The Hall–Kier alpha value is -1.24. The molecule has 0 atom stereocenters. The molecule has 26 heavy (non-hydrogen) atoms. The van der Waals surface area contributed by atoms with Gasteiger partial charge in [0.2, 0.25) is 5.91 Å². The van der Waals surface area contributed by atoms with Crippen molar-refractivity contribution in [2.24, 2.45) is 5.41 Å². The highest BCUT2D eigenvalue weighted by Crippen LogP contribution is 2.29. The summed E-state index contributed by atoms with van der Waals surface area (Å²) < 4.78 is 0. The van der Waals surface area contributed by atoms with Crippen LogP contribution in [0.4, 0.5) is 5.69 Å². The Morgan fingerprint density at radius 2 is 1.58 bits per heavy atom. The van der Waals surface area contributed by atoms with Gasteiger partial charge in [-0.05, 0) is 30.7 Å². The highest BCUT2D eigenvalue weighted by Gasteiger charge is 2.26. The smallest absolute Gasteiger partial charge is 0.224 e. The SMILES string of the molecule is CCC(=O)Nc1c(C)csc1C(=O)CC.CCCC(CO)(CO)CCC. The summed E-state index contributed by atoms with van der Waals surface area (Å²) in [7, 11) is 0. The number of carbonyl (C=O) groups is 2. The number of rotatable bonds is 10. The van der Waals surface area contributed by atoms with Crippen molar-refractivity contribution >= 4 is 28.7 Å². The van der Waals surface area contributed by atoms with Crippen LogP contribution in [0.25, 0.3) is 0 Å². The number of carbonyl (C=O) groups excluding carboxylic acids is 2. The van der Waals surface area contributed by atoms with E-state index in [2.05, 4.69) is 19.2 Å². The molecule has 0 bridgehead atoms. The Labute approximate surface area is 161 Å². The third-order valence-corrected chi connectivity index (χ3v) is 5.51. The van der Waals surface area contributed by atoms with Crippen molar-refractivity contribution in [1.29, 1.82) is 0 Å². The van der Waals surface area contributed by atoms with Gasteiger partial charge in [-0.15, -0.1) is 11.3 Å². The minimum Gasteiger partial charge on any atom is -0.396 e. The number of ketones is 1. The van der Waals surface area contributed by atoms with Crippen molar-refractivity contribution < 1.29 is 19.8 Å². The number of hydrogen-bond donors (Lipinski definition) is 3. The van der Waals surface area contributed by atoms with Crippen LogP contribution in [0, 0.1) is 12.3 Å². The summed E-state index contributed by atoms with van der Waals surface area (Å²) in [4.78, 5) is 23.5. The van der Waals surface area contributed by atoms with Gasteiger partial charge in [0.05, 0.1) is 23.8 Å². The van der Waals surface area contributed by atoms with Crippen LogP contribution in [-0.4, -0.2) is 35.1 Å². The maximum absolute atomic E-state index is 11.6. The van der Waals surface area contributed by atoms with E-state index in [1.54, 1.807) is 6.92 Å². The lowest BCUT2D eigenvalue weighted by Gasteiger charge is -2.28. The second-order valence-corrected chi connectivity index (χ2v) is 7.50. The molecule has 1 aromatic rings. The van der Waals surface area contributed by atoms with E-state index >= 15 is 0 Å². The minimum absolute atomic E-state index is 0.0540. The minimum atomic E-state index is -0.205. The number of thiophene rings is 1. The lowest BCUT2D eigenvalue weighted by Crippen LogP contribution is -2.29. The zero-order valence-corrected chi connectivity index (χ0v) is 17.7. The lowest BCUT2D eigenvalue weighted by molar-refractivity contribution is -0.115. The summed E-state index contributed by atoms with van der Waals surface area (Å²) in [5, 5.41) is 22.8. The first-order valence-corrected chi connectivity index (χ1v) is 10.3. The van der Waals surface area contributed by atoms with Crippen LogP contribution in [0.2, 0.25) is 0 Å². The number of amides is 1. The Bertz CT molecular complexity index is 542. The Morgan fingerprint density at radius 1 is 1.04 bits per heavy atom. The first kappa shape index (κ1) is 24.8. The number of aliphatic hydroxyl groups excluding tert-OH is 2. The van der Waals surface area contributed by atoms with Gasteiger partial charge >= 0.3 is 0 Å². The standard InChI is InChI=1S/C11H15NO2S.C9H20O2/c1-4-8(13)11-10(7(3)6-15-11)12-9(14)5-2;1-3-5-9(7-10,8-11)6-4-2/h6H,4-5H2,1-3H3,(H,12,14);10-11H,3-8H2,1-2H3. The van der Waals surface area contributed by atoms with E-state index in [9.17, 15) is 9.59 Å². The topological polar surface area (TPSA) is 86.6 Å². The second-order valence-electron chi connectivity index (χ2n) is 6.62. The molecule has 0 radical (unpaired) electrons. The van der Waals surface area contributed by atoms with Crippen LogP contribution in [-0.2, 0) is 4.79 Å². The molecule has 1 aromatic heterocycles. The number of anilines is 1. The molecule has 0 unspecified atom stereocenters. The van der Waals surface area contributed by atoms with Crippen molar-refractivity contribution in [3.63, 3.8) is 0 Å². The van der Waals surface area contributed by atoms with Gasteiger partial charge in [0.25, 0.3) is 0 Å². The number of hydrogen-bond acceptors (Lipinski definition) is 5. The molecule has 6 heteroatoms. The van der Waals surface area contributed by atoms with E-state index in [0.29, 0.717) is 23.4 Å². The first-order valence-electron chi connectivity index (χ1n) is 9.47. The van der Waals surface area contributed by atoms with Crippen LogP contribution < -0.4 is 5.32 Å². The fourth-order valence-corrected chi connectivity index (χ4v) is 3.76. The molecule has 0 spiro atoms. The van der Waals surface area contributed by atoms with Gasteiger partial charge in [-0.3, -0.25) is 9.59 Å². The molecule has 1 amide bonds. The van der Waals surface area contributed by atoms with Crippen LogP contribution >= 0.6 is 11.3 Å². The molecule has 5 nitrogen and oxygen atoms in total. The molecule has 0 fully saturated rings. The number of Topliss-reactive ketones (excluding diaryl/α,β-unsaturated/α-hetero) is 1. The summed E-state index contributed by atoms with van der Waals surface area (Å²) in [5.41, 5.74) is 1.45. The predicted octanol–water partition coefficient (Wildman–Crippen LogP) is 4.56. The highest BCUT2D eigenvalue weighted by atomic mass is 32.1. The molecular formula is C20H35NO4S. The number of nitrogens with one attached hydrogen (secondary N) is 1. The van der Waals surface area contributed by atoms with Crippen LogP contribution in [0.15, 0.2) is 5.38 Å². The van der Waals surface area contributed by atoms with Gasteiger partial charge in [-0.25, -0.2) is 0 Å². The van der Waals surface area contributed by atoms with Crippen molar-refractivity contribution in [1.82, 2.24) is 0 Å². The van der Waals surface area contributed by atoms with Crippen LogP contribution in [0.5, 0.6) is 0 Å². The van der Waals surface area contributed by atoms with Crippen LogP contribution in [0.3, 0.4) is 0 Å². The second kappa shape index (κ2) is 13.0. The molecule has 0 aliphatic carbocycles. The number of aryl methyl sites for hydroxylation is 1. The van der Waals surface area contributed by atoms with Crippen molar-refractivity contribution in [3.8, 4) is 0 Å². The molecule has 150 valence electrons. The molecular weight excluding hydrogens is 350 g/mol. The third-order valence-electron chi connectivity index (χ3n) is 4.37. The summed E-state index contributed by atoms with van der Waals surface area (Å²) in [6.45, 7) is 9.90. The summed E-state index contributed by atoms with van der Waals surface area (Å²) in [6.07, 6.45) is 4.80. The van der Waals surface area contributed by atoms with E-state index in [1.165, 1.54) is 11.3 Å². The zero-order chi connectivity index (χ0) is 20.2. The van der Waals surface area contributed by atoms with Gasteiger partial charge in [-0.2, -0.15) is 0 Å². The van der Waals surface area contributed by atoms with Gasteiger partial charge in [0.1, 0.15) is 0 Å². The van der Waals surface area contributed by atoms with E-state index in [0.717, 1.165) is 31.2 Å². The van der Waals surface area contributed by atoms with Crippen LogP contribution in [0.1, 0.15) is 81.5 Å². The molecule has 0 aliphatic rings. The average Bonchev–Trinajstić information content (AvgIpc) is 3.01. The first-order chi connectivity index (χ1) is 12.3. The van der Waals surface area contributed by atoms with Crippen molar-refractivity contribution in [2.45, 2.75) is 73.1 Å². The molecule has 1 rings (SSSR count).